The lowest BCUT2D eigenvalue weighted by Crippen LogP contribution is -2.46. The lowest BCUT2D eigenvalue weighted by molar-refractivity contribution is -0.123. The van der Waals surface area contributed by atoms with E-state index in [0.29, 0.717) is 11.3 Å². The van der Waals surface area contributed by atoms with Crippen molar-refractivity contribution in [1.82, 2.24) is 9.69 Å². The molecule has 0 unspecified atom stereocenters. The number of primary amides is 1. The average molecular weight is 506 g/mol. The normalized spacial score (nSPS) is 14.4. The van der Waals surface area contributed by atoms with Crippen LogP contribution in [0, 0.1) is 6.92 Å². The van der Waals surface area contributed by atoms with E-state index in [9.17, 15) is 14.4 Å². The van der Waals surface area contributed by atoms with Gasteiger partial charge in [0.05, 0.1) is 5.69 Å². The molecule has 2 aromatic carbocycles. The SMILES string of the molecule is CCc1ccc(N(C(=O)c2snc(C(N)=O)c2N)[C@H](C(=O)NC2CCCC2)c2ccc(C)cc2)cc1. The highest BCUT2D eigenvalue weighted by atomic mass is 32.1. The summed E-state index contributed by atoms with van der Waals surface area (Å²) in [5, 5.41) is 3.16. The van der Waals surface area contributed by atoms with Crippen LogP contribution in [0.4, 0.5) is 11.4 Å². The number of anilines is 2. The Morgan fingerprint density at radius 1 is 1.08 bits per heavy atom. The third-order valence-electron chi connectivity index (χ3n) is 6.60. The van der Waals surface area contributed by atoms with E-state index in [2.05, 4.69) is 9.69 Å². The number of carbonyl (C=O) groups excluding carboxylic acids is 3. The molecule has 1 heterocycles. The van der Waals surface area contributed by atoms with Crippen LogP contribution in [0.15, 0.2) is 48.5 Å². The van der Waals surface area contributed by atoms with Crippen LogP contribution in [0.2, 0.25) is 0 Å². The van der Waals surface area contributed by atoms with E-state index in [0.717, 1.165) is 54.8 Å². The summed E-state index contributed by atoms with van der Waals surface area (Å²) in [5.41, 5.74) is 14.6. The van der Waals surface area contributed by atoms with Gasteiger partial charge < -0.3 is 16.8 Å². The number of aromatic nitrogens is 1. The van der Waals surface area contributed by atoms with Crippen molar-refractivity contribution in [1.29, 1.82) is 0 Å². The molecular weight excluding hydrogens is 474 g/mol. The van der Waals surface area contributed by atoms with Gasteiger partial charge >= 0.3 is 0 Å². The van der Waals surface area contributed by atoms with Crippen molar-refractivity contribution >= 4 is 40.6 Å². The summed E-state index contributed by atoms with van der Waals surface area (Å²) >= 11 is 0.804. The Labute approximate surface area is 214 Å². The molecule has 1 aliphatic rings. The quantitative estimate of drug-likeness (QED) is 0.423. The van der Waals surface area contributed by atoms with Gasteiger partial charge in [-0.15, -0.1) is 0 Å². The number of amides is 3. The summed E-state index contributed by atoms with van der Waals surface area (Å²) < 4.78 is 4.01. The molecule has 9 heteroatoms. The second-order valence-corrected chi connectivity index (χ2v) is 9.91. The number of nitrogens with two attached hydrogens (primary N) is 2. The van der Waals surface area contributed by atoms with Crippen molar-refractivity contribution in [2.24, 2.45) is 5.73 Å². The number of nitrogens with one attached hydrogen (secondary N) is 1. The Hall–Kier alpha value is -3.72. The standard InChI is InChI=1S/C27H31N5O3S/c1-3-17-10-14-20(15-11-17)32(27(35)24-21(28)22(25(29)33)31-36-24)23(18-12-8-16(2)9-13-18)26(34)30-19-6-4-5-7-19/h8-15,19,23H,3-7,28H2,1-2H3,(H2,29,33)(H,30,34)/t23-/m0/s1. The molecule has 0 aliphatic heterocycles. The van der Waals surface area contributed by atoms with Gasteiger partial charge in [0, 0.05) is 11.7 Å². The van der Waals surface area contributed by atoms with E-state index in [1.807, 2.05) is 62.4 Å². The van der Waals surface area contributed by atoms with Crippen LogP contribution in [0.3, 0.4) is 0 Å². The zero-order valence-corrected chi connectivity index (χ0v) is 21.3. The van der Waals surface area contributed by atoms with Crippen molar-refractivity contribution in [3.63, 3.8) is 0 Å². The first-order valence-corrected chi connectivity index (χ1v) is 12.9. The lowest BCUT2D eigenvalue weighted by atomic mass is 10.00. The molecule has 1 atom stereocenters. The Morgan fingerprint density at radius 3 is 2.28 bits per heavy atom. The zero-order chi connectivity index (χ0) is 25.8. The third kappa shape index (κ3) is 5.26. The van der Waals surface area contributed by atoms with Gasteiger partial charge in [-0.25, -0.2) is 0 Å². The predicted octanol–water partition coefficient (Wildman–Crippen LogP) is 4.14. The fourth-order valence-corrected chi connectivity index (χ4v) is 5.27. The molecule has 1 saturated carbocycles. The third-order valence-corrected chi connectivity index (χ3v) is 7.45. The lowest BCUT2D eigenvalue weighted by Gasteiger charge is -2.32. The van der Waals surface area contributed by atoms with E-state index in [4.69, 9.17) is 11.5 Å². The van der Waals surface area contributed by atoms with Gasteiger partial charge in [0.25, 0.3) is 11.8 Å². The molecule has 4 rings (SSSR count). The van der Waals surface area contributed by atoms with Gasteiger partial charge in [0.2, 0.25) is 5.91 Å². The first-order valence-electron chi connectivity index (χ1n) is 12.1. The summed E-state index contributed by atoms with van der Waals surface area (Å²) in [4.78, 5) is 41.2. The summed E-state index contributed by atoms with van der Waals surface area (Å²) in [7, 11) is 0. The molecule has 0 radical (unpaired) electrons. The molecule has 3 amide bonds. The van der Waals surface area contributed by atoms with Gasteiger partial charge in [-0.3, -0.25) is 19.3 Å². The number of aryl methyl sites for hydroxylation is 2. The predicted molar refractivity (Wildman–Crippen MR) is 142 cm³/mol. The number of rotatable bonds is 8. The molecule has 188 valence electrons. The van der Waals surface area contributed by atoms with Gasteiger partial charge in [-0.1, -0.05) is 61.7 Å². The number of benzene rings is 2. The molecule has 5 N–H and O–H groups in total. The highest BCUT2D eigenvalue weighted by molar-refractivity contribution is 7.09. The Morgan fingerprint density at radius 2 is 1.72 bits per heavy atom. The van der Waals surface area contributed by atoms with Crippen LogP contribution >= 0.6 is 11.5 Å². The monoisotopic (exact) mass is 505 g/mol. The largest absolute Gasteiger partial charge is 0.395 e. The second kappa shape index (κ2) is 10.9. The molecule has 0 bridgehead atoms. The Kier molecular flexibility index (Phi) is 7.69. The second-order valence-electron chi connectivity index (χ2n) is 9.14. The maximum atomic E-state index is 14.1. The van der Waals surface area contributed by atoms with Crippen LogP contribution < -0.4 is 21.7 Å². The zero-order valence-electron chi connectivity index (χ0n) is 20.5. The molecule has 3 aromatic rings. The van der Waals surface area contributed by atoms with Crippen molar-refractivity contribution in [3.8, 4) is 0 Å². The van der Waals surface area contributed by atoms with Crippen LogP contribution in [0.1, 0.15) is 75.5 Å². The van der Waals surface area contributed by atoms with Gasteiger partial charge in [0.1, 0.15) is 10.9 Å². The minimum atomic E-state index is -0.954. The average Bonchev–Trinajstić information content (AvgIpc) is 3.52. The number of nitrogens with zero attached hydrogens (tertiary/aromatic N) is 2. The summed E-state index contributed by atoms with van der Waals surface area (Å²) in [6.45, 7) is 4.01. The van der Waals surface area contributed by atoms with Crippen LogP contribution in [0.25, 0.3) is 0 Å². The molecule has 1 fully saturated rings. The van der Waals surface area contributed by atoms with E-state index in [1.54, 1.807) is 0 Å². The molecular formula is C27H31N5O3S. The van der Waals surface area contributed by atoms with Gasteiger partial charge in [0.15, 0.2) is 5.69 Å². The summed E-state index contributed by atoms with van der Waals surface area (Å²) in [6.07, 6.45) is 4.79. The van der Waals surface area contributed by atoms with Gasteiger partial charge in [-0.05, 0) is 61.0 Å². The molecule has 0 saturated heterocycles. The Balaban J connectivity index is 1.84. The van der Waals surface area contributed by atoms with E-state index < -0.39 is 17.9 Å². The van der Waals surface area contributed by atoms with Crippen LogP contribution in [-0.2, 0) is 11.2 Å². The van der Waals surface area contributed by atoms with Crippen molar-refractivity contribution in [2.75, 3.05) is 10.6 Å². The highest BCUT2D eigenvalue weighted by Crippen LogP contribution is 2.34. The minimum absolute atomic E-state index is 0.0640. The van der Waals surface area contributed by atoms with Crippen molar-refractivity contribution < 1.29 is 14.4 Å². The Bertz CT molecular complexity index is 1250. The number of hydrogen-bond donors (Lipinski definition) is 3. The van der Waals surface area contributed by atoms with E-state index in [-0.39, 0.29) is 28.2 Å². The maximum Gasteiger partial charge on any atom is 0.273 e. The summed E-state index contributed by atoms with van der Waals surface area (Å²) in [6, 6.07) is 14.2. The minimum Gasteiger partial charge on any atom is -0.395 e. The van der Waals surface area contributed by atoms with Crippen molar-refractivity contribution in [3.05, 3.63) is 75.8 Å². The van der Waals surface area contributed by atoms with Crippen LogP contribution in [0.5, 0.6) is 0 Å². The van der Waals surface area contributed by atoms with Crippen molar-refractivity contribution in [2.45, 2.75) is 58.0 Å². The highest BCUT2D eigenvalue weighted by Gasteiger charge is 2.37. The summed E-state index contributed by atoms with van der Waals surface area (Å²) in [5.74, 6) is -1.60. The number of nitrogen functional groups attached to an aromatic ring is 1. The van der Waals surface area contributed by atoms with E-state index >= 15 is 0 Å². The smallest absolute Gasteiger partial charge is 0.273 e. The maximum absolute atomic E-state index is 14.1. The molecule has 8 nitrogen and oxygen atoms in total. The first-order chi connectivity index (χ1) is 17.3. The molecule has 1 aliphatic carbocycles. The van der Waals surface area contributed by atoms with E-state index in [1.165, 1.54) is 4.90 Å². The number of hydrogen-bond acceptors (Lipinski definition) is 6. The van der Waals surface area contributed by atoms with Gasteiger partial charge in [-0.2, -0.15) is 4.37 Å². The topological polar surface area (TPSA) is 131 Å². The van der Waals surface area contributed by atoms with Crippen LogP contribution in [-0.4, -0.2) is 28.1 Å². The number of carbonyl (C=O) groups is 3. The molecule has 1 aromatic heterocycles. The molecule has 36 heavy (non-hydrogen) atoms. The fourth-order valence-electron chi connectivity index (χ4n) is 4.53. The fraction of sp³-hybridized carbons (Fsp3) is 0.333. The molecule has 0 spiro atoms. The first kappa shape index (κ1) is 25.4.